The Morgan fingerprint density at radius 1 is 0.839 bits per heavy atom. The second-order valence-electron chi connectivity index (χ2n) is 6.98. The Kier molecular flexibility index (Phi) is 5.97. The third-order valence-corrected chi connectivity index (χ3v) is 5.18. The van der Waals surface area contributed by atoms with Crippen LogP contribution in [0.4, 0.5) is 0 Å². The van der Waals surface area contributed by atoms with Gasteiger partial charge < -0.3 is 19.3 Å². The van der Waals surface area contributed by atoms with Gasteiger partial charge in [-0.1, -0.05) is 18.2 Å². The third kappa shape index (κ3) is 3.70. The zero-order valence-corrected chi connectivity index (χ0v) is 17.9. The first kappa shape index (κ1) is 21.8. The Morgan fingerprint density at radius 3 is 2.06 bits per heavy atom. The number of hydrogen-bond donors (Lipinski definition) is 1. The van der Waals surface area contributed by atoms with E-state index in [9.17, 15) is 19.5 Å². The molecule has 31 heavy (non-hydrogen) atoms. The first-order valence-corrected chi connectivity index (χ1v) is 9.40. The third-order valence-electron chi connectivity index (χ3n) is 5.18. The molecule has 0 radical (unpaired) electrons. The van der Waals surface area contributed by atoms with Crippen molar-refractivity contribution in [1.29, 1.82) is 0 Å². The average molecular weight is 422 g/mol. The van der Waals surface area contributed by atoms with E-state index in [4.69, 9.17) is 14.2 Å². The number of carbonyl (C=O) groups is 3. The molecule has 0 aromatic heterocycles. The van der Waals surface area contributed by atoms with E-state index in [1.165, 1.54) is 34.3 Å². The molecule has 0 heterocycles. The Hall–Kier alpha value is -3.87. The number of carboxylic acid groups (broad SMARTS) is 1. The number of Topliss-reactive ketones (excluding diaryl/α,β-unsaturated/α-hetero) is 2. The molecule has 0 amide bonds. The molecule has 0 atom stereocenters. The van der Waals surface area contributed by atoms with Crippen molar-refractivity contribution in [3.63, 3.8) is 0 Å². The van der Waals surface area contributed by atoms with Crippen molar-refractivity contribution in [2.45, 2.75) is 13.8 Å². The number of carbonyl (C=O) groups excluding carboxylic acids is 2. The van der Waals surface area contributed by atoms with Crippen LogP contribution in [0.1, 0.15) is 28.4 Å². The van der Waals surface area contributed by atoms with Crippen molar-refractivity contribution >= 4 is 23.1 Å². The molecule has 7 heteroatoms. The lowest BCUT2D eigenvalue weighted by Crippen LogP contribution is -2.24. The van der Waals surface area contributed by atoms with Gasteiger partial charge in [0.15, 0.2) is 0 Å². The number of ether oxygens (including phenoxy) is 3. The minimum absolute atomic E-state index is 0.00397. The largest absolute Gasteiger partial charge is 0.497 e. The molecule has 0 unspecified atom stereocenters. The second kappa shape index (κ2) is 8.47. The summed E-state index contributed by atoms with van der Waals surface area (Å²) in [6, 6.07) is 10.2. The van der Waals surface area contributed by atoms with E-state index in [2.05, 4.69) is 0 Å². The predicted octanol–water partition coefficient (Wildman–Crippen LogP) is 3.80. The van der Waals surface area contributed by atoms with Crippen LogP contribution in [0.3, 0.4) is 0 Å². The number of aromatic carboxylic acids is 1. The van der Waals surface area contributed by atoms with E-state index in [1.807, 2.05) is 0 Å². The highest BCUT2D eigenvalue weighted by molar-refractivity contribution is 6.38. The van der Waals surface area contributed by atoms with Gasteiger partial charge in [-0.05, 0) is 54.3 Å². The highest BCUT2D eigenvalue weighted by Crippen LogP contribution is 2.37. The van der Waals surface area contributed by atoms with Gasteiger partial charge in [0.05, 0.1) is 26.9 Å². The number of hydrogen-bond acceptors (Lipinski definition) is 6. The molecule has 2 aromatic rings. The zero-order valence-electron chi connectivity index (χ0n) is 17.9. The van der Waals surface area contributed by atoms with Gasteiger partial charge in [-0.25, -0.2) is 4.79 Å². The van der Waals surface area contributed by atoms with Gasteiger partial charge >= 0.3 is 5.97 Å². The standard InChI is InChI=1S/C24H22O7/c1-12-9-15(19-13(2)20(25)22(30-4)23(31-5)21(19)26)11-17(24(27)28)18(12)14-7-6-8-16(10-14)29-3/h6-11H,1-5H3,(H,27,28). The molecule has 0 bridgehead atoms. The molecular formula is C24H22O7. The Morgan fingerprint density at radius 2 is 1.48 bits per heavy atom. The topological polar surface area (TPSA) is 99.1 Å². The maximum absolute atomic E-state index is 13.1. The first-order chi connectivity index (χ1) is 14.7. The Bertz CT molecular complexity index is 1170. The summed E-state index contributed by atoms with van der Waals surface area (Å²) in [7, 11) is 4.09. The zero-order chi connectivity index (χ0) is 22.9. The van der Waals surface area contributed by atoms with Crippen molar-refractivity contribution < 1.29 is 33.7 Å². The molecule has 0 spiro atoms. The number of rotatable bonds is 6. The van der Waals surface area contributed by atoms with E-state index >= 15 is 0 Å². The lowest BCUT2D eigenvalue weighted by molar-refractivity contribution is -0.119. The summed E-state index contributed by atoms with van der Waals surface area (Å²) in [6.45, 7) is 3.26. The molecule has 2 aromatic carbocycles. The van der Waals surface area contributed by atoms with E-state index in [0.29, 0.717) is 28.0 Å². The van der Waals surface area contributed by atoms with E-state index in [-0.39, 0.29) is 28.2 Å². The van der Waals surface area contributed by atoms with Crippen LogP contribution in [0.2, 0.25) is 0 Å². The first-order valence-electron chi connectivity index (χ1n) is 9.40. The summed E-state index contributed by atoms with van der Waals surface area (Å²) in [5.74, 6) is -1.97. The number of benzene rings is 2. The molecule has 0 saturated carbocycles. The van der Waals surface area contributed by atoms with E-state index < -0.39 is 17.5 Å². The van der Waals surface area contributed by atoms with Crippen molar-refractivity contribution in [1.82, 2.24) is 0 Å². The number of carboxylic acids is 1. The van der Waals surface area contributed by atoms with Crippen LogP contribution >= 0.6 is 0 Å². The van der Waals surface area contributed by atoms with Crippen molar-refractivity contribution in [3.8, 4) is 16.9 Å². The normalized spacial score (nSPS) is 14.1. The molecule has 0 aliphatic heterocycles. The molecule has 7 nitrogen and oxygen atoms in total. The van der Waals surface area contributed by atoms with Crippen molar-refractivity contribution in [2.75, 3.05) is 21.3 Å². The SMILES string of the molecule is COC1=C(OC)C(=O)C(c2cc(C)c(-c3cccc(OC)c3)c(C(=O)O)c2)=C(C)C1=O. The average Bonchev–Trinajstić information content (AvgIpc) is 2.75. The fraction of sp³-hybridized carbons (Fsp3) is 0.208. The second-order valence-corrected chi connectivity index (χ2v) is 6.98. The van der Waals surface area contributed by atoms with Crippen molar-refractivity contribution in [3.05, 3.63) is 70.2 Å². The fourth-order valence-electron chi connectivity index (χ4n) is 3.75. The minimum Gasteiger partial charge on any atom is -0.497 e. The van der Waals surface area contributed by atoms with Crippen LogP contribution in [-0.4, -0.2) is 44.0 Å². The quantitative estimate of drug-likeness (QED) is 0.707. The van der Waals surface area contributed by atoms with E-state index in [1.54, 1.807) is 37.3 Å². The number of ketones is 2. The van der Waals surface area contributed by atoms with Crippen LogP contribution in [0.5, 0.6) is 5.75 Å². The van der Waals surface area contributed by atoms with Crippen LogP contribution in [0.15, 0.2) is 53.5 Å². The maximum atomic E-state index is 13.1. The lowest BCUT2D eigenvalue weighted by atomic mass is 9.84. The summed E-state index contributed by atoms with van der Waals surface area (Å²) in [5.41, 5.74) is 2.37. The minimum atomic E-state index is -1.16. The Balaban J connectivity index is 2.25. The van der Waals surface area contributed by atoms with Gasteiger partial charge in [0.2, 0.25) is 23.1 Å². The van der Waals surface area contributed by atoms with Crippen molar-refractivity contribution in [2.24, 2.45) is 0 Å². The summed E-state index contributed by atoms with van der Waals surface area (Å²) < 4.78 is 15.4. The van der Waals surface area contributed by atoms with Gasteiger partial charge in [0, 0.05) is 11.1 Å². The molecule has 3 rings (SSSR count). The maximum Gasteiger partial charge on any atom is 0.336 e. The lowest BCUT2D eigenvalue weighted by Gasteiger charge is -2.22. The number of allylic oxidation sites excluding steroid dienone is 2. The molecular weight excluding hydrogens is 400 g/mol. The molecule has 1 aliphatic rings. The van der Waals surface area contributed by atoms with Gasteiger partial charge in [-0.15, -0.1) is 0 Å². The molecule has 160 valence electrons. The molecule has 1 N–H and O–H groups in total. The van der Waals surface area contributed by atoms with Crippen LogP contribution in [0, 0.1) is 6.92 Å². The summed E-state index contributed by atoms with van der Waals surface area (Å²) >= 11 is 0. The van der Waals surface area contributed by atoms with Crippen LogP contribution < -0.4 is 4.74 Å². The highest BCUT2D eigenvalue weighted by atomic mass is 16.5. The van der Waals surface area contributed by atoms with Gasteiger partial charge in [0.25, 0.3) is 0 Å². The molecule has 0 saturated heterocycles. The number of methoxy groups -OCH3 is 3. The smallest absolute Gasteiger partial charge is 0.336 e. The fourth-order valence-corrected chi connectivity index (χ4v) is 3.75. The summed E-state index contributed by atoms with van der Waals surface area (Å²) in [4.78, 5) is 37.9. The van der Waals surface area contributed by atoms with Gasteiger partial charge in [0.1, 0.15) is 5.75 Å². The van der Waals surface area contributed by atoms with Crippen LogP contribution in [0.25, 0.3) is 16.7 Å². The monoisotopic (exact) mass is 422 g/mol. The summed E-state index contributed by atoms with van der Waals surface area (Å²) in [5, 5.41) is 9.91. The highest BCUT2D eigenvalue weighted by Gasteiger charge is 2.36. The number of aryl methyl sites for hydroxylation is 1. The molecule has 0 fully saturated rings. The van der Waals surface area contributed by atoms with Crippen LogP contribution in [-0.2, 0) is 19.1 Å². The van der Waals surface area contributed by atoms with Gasteiger partial charge in [-0.2, -0.15) is 0 Å². The molecule has 1 aliphatic carbocycles. The van der Waals surface area contributed by atoms with E-state index in [0.717, 1.165) is 0 Å². The van der Waals surface area contributed by atoms with Gasteiger partial charge in [-0.3, -0.25) is 9.59 Å². The predicted molar refractivity (Wildman–Crippen MR) is 114 cm³/mol. The summed E-state index contributed by atoms with van der Waals surface area (Å²) in [6.07, 6.45) is 0. The Labute approximate surface area is 179 Å².